The Labute approximate surface area is 85.8 Å². The maximum atomic E-state index is 4.34. The van der Waals surface area contributed by atoms with Crippen molar-refractivity contribution in [2.45, 2.75) is 27.7 Å². The van der Waals surface area contributed by atoms with Crippen molar-refractivity contribution in [3.05, 3.63) is 41.6 Å². The number of hydrogen-bond donors (Lipinski definition) is 0. The Morgan fingerprint density at radius 1 is 0.929 bits per heavy atom. The summed E-state index contributed by atoms with van der Waals surface area (Å²) in [5, 5.41) is 1.26. The SMILES string of the molecule is CC.Cc1ccc(C)c2ncccc12. The smallest absolute Gasteiger partial charge is 0.0733 e. The van der Waals surface area contributed by atoms with Gasteiger partial charge in [0.05, 0.1) is 5.52 Å². The summed E-state index contributed by atoms with van der Waals surface area (Å²) in [6, 6.07) is 8.35. The lowest BCUT2D eigenvalue weighted by molar-refractivity contribution is 1.35. The van der Waals surface area contributed by atoms with Crippen molar-refractivity contribution < 1.29 is 0 Å². The highest BCUT2D eigenvalue weighted by Crippen LogP contribution is 2.18. The molecule has 1 aromatic carbocycles. The first-order valence-corrected chi connectivity index (χ1v) is 5.10. The third-order valence-electron chi connectivity index (χ3n) is 2.19. The van der Waals surface area contributed by atoms with Crippen LogP contribution in [0.1, 0.15) is 25.0 Å². The molecule has 0 N–H and O–H groups in total. The van der Waals surface area contributed by atoms with Crippen molar-refractivity contribution in [1.82, 2.24) is 4.98 Å². The van der Waals surface area contributed by atoms with Crippen LogP contribution >= 0.6 is 0 Å². The molecule has 0 spiro atoms. The highest BCUT2D eigenvalue weighted by molar-refractivity contribution is 5.84. The minimum atomic E-state index is 1.12. The van der Waals surface area contributed by atoms with E-state index in [2.05, 4.69) is 37.0 Å². The van der Waals surface area contributed by atoms with Gasteiger partial charge in [0.15, 0.2) is 0 Å². The van der Waals surface area contributed by atoms with Crippen LogP contribution in [0.15, 0.2) is 30.5 Å². The van der Waals surface area contributed by atoms with Crippen LogP contribution in [0, 0.1) is 13.8 Å². The van der Waals surface area contributed by atoms with E-state index >= 15 is 0 Å². The maximum Gasteiger partial charge on any atom is 0.0733 e. The third kappa shape index (κ3) is 1.92. The summed E-state index contributed by atoms with van der Waals surface area (Å²) in [5.74, 6) is 0. The minimum absolute atomic E-state index is 1.12. The molecule has 74 valence electrons. The van der Waals surface area contributed by atoms with Gasteiger partial charge < -0.3 is 0 Å². The Bertz CT molecular complexity index is 378. The molecular formula is C13H17N. The highest BCUT2D eigenvalue weighted by Gasteiger charge is 1.98. The molecule has 14 heavy (non-hydrogen) atoms. The van der Waals surface area contributed by atoms with Crippen LogP contribution in [0.3, 0.4) is 0 Å². The molecule has 0 fully saturated rings. The quantitative estimate of drug-likeness (QED) is 0.610. The van der Waals surface area contributed by atoms with E-state index in [1.165, 1.54) is 16.5 Å². The van der Waals surface area contributed by atoms with Crippen molar-refractivity contribution in [1.29, 1.82) is 0 Å². The number of fused-ring (bicyclic) bond motifs is 1. The van der Waals surface area contributed by atoms with Crippen LogP contribution < -0.4 is 0 Å². The molecule has 0 aliphatic heterocycles. The van der Waals surface area contributed by atoms with E-state index in [1.54, 1.807) is 0 Å². The van der Waals surface area contributed by atoms with Crippen LogP contribution in [-0.2, 0) is 0 Å². The number of nitrogens with zero attached hydrogens (tertiary/aromatic N) is 1. The largest absolute Gasteiger partial charge is 0.256 e. The number of aromatic nitrogens is 1. The summed E-state index contributed by atoms with van der Waals surface area (Å²) in [6.07, 6.45) is 1.84. The Morgan fingerprint density at radius 3 is 2.21 bits per heavy atom. The lowest BCUT2D eigenvalue weighted by atomic mass is 10.1. The van der Waals surface area contributed by atoms with E-state index in [4.69, 9.17) is 0 Å². The molecule has 0 saturated carbocycles. The Morgan fingerprint density at radius 2 is 1.57 bits per heavy atom. The van der Waals surface area contributed by atoms with Crippen LogP contribution in [0.5, 0.6) is 0 Å². The standard InChI is InChI=1S/C11H11N.C2H6/c1-8-5-6-9(2)11-10(8)4-3-7-12-11;1-2/h3-7H,1-2H3;1-2H3. The molecule has 0 aliphatic rings. The predicted octanol–water partition coefficient (Wildman–Crippen LogP) is 3.88. The van der Waals surface area contributed by atoms with Gasteiger partial charge in [-0.2, -0.15) is 0 Å². The summed E-state index contributed by atoms with van der Waals surface area (Å²) >= 11 is 0. The highest BCUT2D eigenvalue weighted by atomic mass is 14.6. The zero-order valence-corrected chi connectivity index (χ0v) is 9.33. The zero-order chi connectivity index (χ0) is 10.6. The van der Waals surface area contributed by atoms with E-state index in [-0.39, 0.29) is 0 Å². The first-order chi connectivity index (χ1) is 6.79. The summed E-state index contributed by atoms with van der Waals surface area (Å²) < 4.78 is 0. The van der Waals surface area contributed by atoms with Gasteiger partial charge >= 0.3 is 0 Å². The van der Waals surface area contributed by atoms with Gasteiger partial charge in [0, 0.05) is 11.6 Å². The first-order valence-electron chi connectivity index (χ1n) is 5.10. The van der Waals surface area contributed by atoms with Gasteiger partial charge in [-0.15, -0.1) is 0 Å². The van der Waals surface area contributed by atoms with Crippen molar-refractivity contribution in [2.24, 2.45) is 0 Å². The lowest BCUT2D eigenvalue weighted by Crippen LogP contribution is -1.84. The zero-order valence-electron chi connectivity index (χ0n) is 9.33. The fourth-order valence-electron chi connectivity index (χ4n) is 1.46. The lowest BCUT2D eigenvalue weighted by Gasteiger charge is -2.02. The van der Waals surface area contributed by atoms with E-state index in [1.807, 2.05) is 26.1 Å². The molecular weight excluding hydrogens is 170 g/mol. The van der Waals surface area contributed by atoms with Crippen LogP contribution in [0.2, 0.25) is 0 Å². The molecule has 0 atom stereocenters. The van der Waals surface area contributed by atoms with Gasteiger partial charge in [-0.1, -0.05) is 32.0 Å². The average molecular weight is 187 g/mol. The van der Waals surface area contributed by atoms with Gasteiger partial charge in [0.2, 0.25) is 0 Å². The van der Waals surface area contributed by atoms with Crippen LogP contribution in [-0.4, -0.2) is 4.98 Å². The molecule has 2 rings (SSSR count). The molecule has 0 amide bonds. The topological polar surface area (TPSA) is 12.9 Å². The maximum absolute atomic E-state index is 4.34. The first kappa shape index (κ1) is 10.7. The van der Waals surface area contributed by atoms with Crippen molar-refractivity contribution >= 4 is 10.9 Å². The van der Waals surface area contributed by atoms with Crippen molar-refractivity contribution in [3.8, 4) is 0 Å². The number of hydrogen-bond acceptors (Lipinski definition) is 1. The molecule has 1 heteroatoms. The van der Waals surface area contributed by atoms with Gasteiger partial charge in [-0.3, -0.25) is 4.98 Å². The number of aryl methyl sites for hydroxylation is 2. The van der Waals surface area contributed by atoms with Gasteiger partial charge in [-0.25, -0.2) is 0 Å². The number of pyridine rings is 1. The van der Waals surface area contributed by atoms with Crippen molar-refractivity contribution in [2.75, 3.05) is 0 Å². The second kappa shape index (κ2) is 4.75. The predicted molar refractivity (Wildman–Crippen MR) is 62.6 cm³/mol. The second-order valence-electron chi connectivity index (χ2n) is 3.10. The molecule has 2 aromatic rings. The van der Waals surface area contributed by atoms with Crippen molar-refractivity contribution in [3.63, 3.8) is 0 Å². The van der Waals surface area contributed by atoms with Gasteiger partial charge in [0.1, 0.15) is 0 Å². The molecule has 0 saturated heterocycles. The van der Waals surface area contributed by atoms with Gasteiger partial charge in [0.25, 0.3) is 0 Å². The van der Waals surface area contributed by atoms with E-state index in [9.17, 15) is 0 Å². The summed E-state index contributed by atoms with van der Waals surface area (Å²) in [5.41, 5.74) is 3.66. The third-order valence-corrected chi connectivity index (χ3v) is 2.19. The Hall–Kier alpha value is -1.37. The number of benzene rings is 1. The van der Waals surface area contributed by atoms with E-state index < -0.39 is 0 Å². The molecule has 1 aromatic heterocycles. The fraction of sp³-hybridized carbons (Fsp3) is 0.308. The van der Waals surface area contributed by atoms with Crippen LogP contribution in [0.4, 0.5) is 0 Å². The minimum Gasteiger partial charge on any atom is -0.256 e. The average Bonchev–Trinajstić information content (AvgIpc) is 2.27. The Kier molecular flexibility index (Phi) is 3.63. The molecule has 0 aliphatic carbocycles. The fourth-order valence-corrected chi connectivity index (χ4v) is 1.46. The van der Waals surface area contributed by atoms with Gasteiger partial charge in [-0.05, 0) is 31.0 Å². The normalized spacial score (nSPS) is 9.43. The van der Waals surface area contributed by atoms with E-state index in [0.717, 1.165) is 5.52 Å². The number of rotatable bonds is 0. The van der Waals surface area contributed by atoms with Crippen LogP contribution in [0.25, 0.3) is 10.9 Å². The summed E-state index contributed by atoms with van der Waals surface area (Å²) in [7, 11) is 0. The van der Waals surface area contributed by atoms with E-state index in [0.29, 0.717) is 0 Å². The summed E-state index contributed by atoms with van der Waals surface area (Å²) in [4.78, 5) is 4.34. The summed E-state index contributed by atoms with van der Waals surface area (Å²) in [6.45, 7) is 8.21. The molecule has 0 bridgehead atoms. The Balaban J connectivity index is 0.000000461. The molecule has 0 unspecified atom stereocenters. The molecule has 1 nitrogen and oxygen atoms in total. The monoisotopic (exact) mass is 187 g/mol. The second-order valence-corrected chi connectivity index (χ2v) is 3.10. The molecule has 1 heterocycles. The molecule has 0 radical (unpaired) electrons.